The number of piperidine rings is 1. The Balaban J connectivity index is 2.70. The van der Waals surface area contributed by atoms with Crippen molar-refractivity contribution in [1.29, 1.82) is 0 Å². The highest BCUT2D eigenvalue weighted by atomic mass is 16.1. The molecule has 1 saturated heterocycles. The Morgan fingerprint density at radius 1 is 1.32 bits per heavy atom. The van der Waals surface area contributed by atoms with E-state index >= 15 is 0 Å². The van der Waals surface area contributed by atoms with Crippen LogP contribution < -0.4 is 10.6 Å². The van der Waals surface area contributed by atoms with Crippen molar-refractivity contribution in [2.45, 2.75) is 40.5 Å². The van der Waals surface area contributed by atoms with Crippen molar-refractivity contribution in [3.05, 3.63) is 23.5 Å². The molecule has 5 nitrogen and oxygen atoms in total. The number of aliphatic imine (C=N–C) groups is 2. The van der Waals surface area contributed by atoms with Gasteiger partial charge < -0.3 is 10.6 Å². The first-order valence-corrected chi connectivity index (χ1v) is 7.85. The van der Waals surface area contributed by atoms with Crippen LogP contribution >= 0.6 is 0 Å². The number of nitrogens with one attached hydrogen (secondary N) is 2. The van der Waals surface area contributed by atoms with Gasteiger partial charge in [-0.25, -0.2) is 4.99 Å². The molecule has 1 aliphatic rings. The lowest BCUT2D eigenvalue weighted by molar-refractivity contribution is -0.115. The molecule has 122 valence electrons. The molecule has 1 amide bonds. The van der Waals surface area contributed by atoms with Crippen molar-refractivity contribution < 1.29 is 4.79 Å². The molecule has 0 unspecified atom stereocenters. The molecule has 22 heavy (non-hydrogen) atoms. The largest absolute Gasteiger partial charge is 0.351 e. The van der Waals surface area contributed by atoms with E-state index < -0.39 is 0 Å². The maximum atomic E-state index is 12.2. The molecule has 1 aliphatic heterocycles. The number of nitrogens with zero attached hydrogens (tertiary/aromatic N) is 2. The van der Waals surface area contributed by atoms with Gasteiger partial charge in [-0.1, -0.05) is 6.58 Å². The van der Waals surface area contributed by atoms with E-state index in [0.717, 1.165) is 37.2 Å². The molecule has 5 heteroatoms. The second-order valence-corrected chi connectivity index (χ2v) is 5.70. The Labute approximate surface area is 133 Å². The molecule has 0 aromatic carbocycles. The zero-order valence-corrected chi connectivity index (χ0v) is 14.2. The molecule has 0 radical (unpaired) electrons. The van der Waals surface area contributed by atoms with Gasteiger partial charge in [0, 0.05) is 12.8 Å². The van der Waals surface area contributed by atoms with E-state index in [0.29, 0.717) is 23.9 Å². The Bertz CT molecular complexity index is 497. The van der Waals surface area contributed by atoms with Crippen molar-refractivity contribution in [1.82, 2.24) is 10.6 Å². The highest BCUT2D eigenvalue weighted by molar-refractivity contribution is 6.38. The van der Waals surface area contributed by atoms with Crippen molar-refractivity contribution in [2.75, 3.05) is 19.6 Å². The van der Waals surface area contributed by atoms with Crippen molar-refractivity contribution in [3.8, 4) is 0 Å². The Hall–Kier alpha value is -1.75. The smallest absolute Gasteiger partial charge is 0.265 e. The number of amides is 1. The average molecular weight is 304 g/mol. The lowest BCUT2D eigenvalue weighted by Crippen LogP contribution is -2.38. The first kappa shape index (κ1) is 18.3. The van der Waals surface area contributed by atoms with Crippen LogP contribution in [0.5, 0.6) is 0 Å². The van der Waals surface area contributed by atoms with Gasteiger partial charge in [0.15, 0.2) is 0 Å². The number of hydrogen-bond acceptors (Lipinski definition) is 4. The average Bonchev–Trinajstić information content (AvgIpc) is 2.50. The summed E-state index contributed by atoms with van der Waals surface area (Å²) in [5, 5.41) is 6.30. The number of hydrogen-bond donors (Lipinski definition) is 2. The lowest BCUT2D eigenvalue weighted by Gasteiger charge is -2.22. The zero-order chi connectivity index (χ0) is 16.5. The van der Waals surface area contributed by atoms with Gasteiger partial charge in [0.1, 0.15) is 5.71 Å². The van der Waals surface area contributed by atoms with Crippen LogP contribution in [0.2, 0.25) is 0 Å². The van der Waals surface area contributed by atoms with Crippen LogP contribution in [0.1, 0.15) is 40.5 Å². The van der Waals surface area contributed by atoms with Gasteiger partial charge in [-0.15, -0.1) is 0 Å². The monoisotopic (exact) mass is 304 g/mol. The van der Waals surface area contributed by atoms with E-state index in [-0.39, 0.29) is 5.91 Å². The van der Waals surface area contributed by atoms with Gasteiger partial charge >= 0.3 is 0 Å². The van der Waals surface area contributed by atoms with Gasteiger partial charge in [-0.2, -0.15) is 0 Å². The molecule has 0 aromatic heterocycles. The molecule has 1 rings (SSSR count). The summed E-state index contributed by atoms with van der Waals surface area (Å²) in [6.45, 7) is 14.0. The number of carbonyl (C=O) groups is 1. The third kappa shape index (κ3) is 5.93. The number of rotatable bonds is 6. The molecule has 1 heterocycles. The van der Waals surface area contributed by atoms with Crippen LogP contribution in [-0.2, 0) is 4.79 Å². The van der Waals surface area contributed by atoms with E-state index in [1.54, 1.807) is 13.1 Å². The van der Waals surface area contributed by atoms with Crippen LogP contribution in [0.4, 0.5) is 0 Å². The molecule has 0 aromatic rings. The SMILES string of the molecule is C=C(C)C(/N=C(\C)C(=O)NCC1CCNCC1)=C(C)\N=C/C. The summed E-state index contributed by atoms with van der Waals surface area (Å²) in [4.78, 5) is 20.8. The first-order valence-electron chi connectivity index (χ1n) is 7.85. The molecular formula is C17H28N4O. The fourth-order valence-electron chi connectivity index (χ4n) is 2.41. The summed E-state index contributed by atoms with van der Waals surface area (Å²) in [6.07, 6.45) is 3.93. The number of allylic oxidation sites excluding steroid dienone is 2. The minimum Gasteiger partial charge on any atom is -0.351 e. The topological polar surface area (TPSA) is 65.8 Å². The first-order chi connectivity index (χ1) is 10.5. The third-order valence-corrected chi connectivity index (χ3v) is 3.69. The number of carbonyl (C=O) groups excluding carboxylic acids is 1. The van der Waals surface area contributed by atoms with Gasteiger partial charge in [-0.3, -0.25) is 9.79 Å². The summed E-state index contributed by atoms with van der Waals surface area (Å²) in [5.41, 5.74) is 2.68. The Morgan fingerprint density at radius 3 is 2.50 bits per heavy atom. The van der Waals surface area contributed by atoms with Crippen LogP contribution in [0.3, 0.4) is 0 Å². The predicted molar refractivity (Wildman–Crippen MR) is 93.4 cm³/mol. The van der Waals surface area contributed by atoms with E-state index in [2.05, 4.69) is 27.2 Å². The summed E-state index contributed by atoms with van der Waals surface area (Å²) >= 11 is 0. The standard InChI is InChI=1S/C17H28N4O/c1-6-19-13(4)16(12(2)3)21-14(5)17(22)20-11-15-7-9-18-10-8-15/h6,15,18H,2,7-11H2,1,3-5H3,(H,20,22)/b16-13+,19-6-,21-14+. The van der Waals surface area contributed by atoms with Crippen molar-refractivity contribution in [3.63, 3.8) is 0 Å². The molecular weight excluding hydrogens is 276 g/mol. The quantitative estimate of drug-likeness (QED) is 0.585. The lowest BCUT2D eigenvalue weighted by atomic mass is 9.98. The summed E-state index contributed by atoms with van der Waals surface area (Å²) < 4.78 is 0. The molecule has 1 fully saturated rings. The van der Waals surface area contributed by atoms with Crippen LogP contribution in [0.25, 0.3) is 0 Å². The van der Waals surface area contributed by atoms with E-state index in [1.165, 1.54) is 0 Å². The fraction of sp³-hybridized carbons (Fsp3) is 0.588. The normalized spacial score (nSPS) is 18.3. The highest BCUT2D eigenvalue weighted by Crippen LogP contribution is 2.16. The van der Waals surface area contributed by atoms with Crippen LogP contribution in [-0.4, -0.2) is 37.5 Å². The van der Waals surface area contributed by atoms with E-state index in [1.807, 2.05) is 20.8 Å². The molecule has 0 atom stereocenters. The van der Waals surface area contributed by atoms with Gasteiger partial charge in [0.25, 0.3) is 5.91 Å². The zero-order valence-electron chi connectivity index (χ0n) is 14.2. The molecule has 2 N–H and O–H groups in total. The minimum atomic E-state index is -0.120. The second kappa shape index (κ2) is 9.30. The maximum absolute atomic E-state index is 12.2. The van der Waals surface area contributed by atoms with Gasteiger partial charge in [0.05, 0.1) is 11.4 Å². The third-order valence-electron chi connectivity index (χ3n) is 3.69. The summed E-state index contributed by atoms with van der Waals surface area (Å²) in [6, 6.07) is 0. The molecule has 0 aliphatic carbocycles. The Morgan fingerprint density at radius 2 is 1.95 bits per heavy atom. The second-order valence-electron chi connectivity index (χ2n) is 5.70. The predicted octanol–water partition coefficient (Wildman–Crippen LogP) is 2.46. The minimum absolute atomic E-state index is 0.120. The van der Waals surface area contributed by atoms with Gasteiger partial charge in [-0.05, 0) is 65.1 Å². The molecule has 0 saturated carbocycles. The summed E-state index contributed by atoms with van der Waals surface area (Å²) in [7, 11) is 0. The van der Waals surface area contributed by atoms with Crippen molar-refractivity contribution >= 4 is 17.8 Å². The van der Waals surface area contributed by atoms with Crippen LogP contribution in [0, 0.1) is 5.92 Å². The van der Waals surface area contributed by atoms with Crippen molar-refractivity contribution in [2.24, 2.45) is 15.9 Å². The highest BCUT2D eigenvalue weighted by Gasteiger charge is 2.15. The maximum Gasteiger partial charge on any atom is 0.265 e. The Kier molecular flexibility index (Phi) is 7.74. The van der Waals surface area contributed by atoms with E-state index in [9.17, 15) is 4.79 Å². The molecule has 0 spiro atoms. The van der Waals surface area contributed by atoms with E-state index in [4.69, 9.17) is 0 Å². The fourth-order valence-corrected chi connectivity index (χ4v) is 2.41. The van der Waals surface area contributed by atoms with Crippen LogP contribution in [0.15, 0.2) is 33.5 Å². The summed E-state index contributed by atoms with van der Waals surface area (Å²) in [5.74, 6) is 0.436. The molecule has 0 bridgehead atoms. The van der Waals surface area contributed by atoms with Gasteiger partial charge in [0.2, 0.25) is 0 Å².